The van der Waals surface area contributed by atoms with Gasteiger partial charge in [-0.3, -0.25) is 0 Å². The number of hydrogen-bond donors (Lipinski definition) is 3. The monoisotopic (exact) mass is 320 g/mol. The fourth-order valence-electron chi connectivity index (χ4n) is 2.75. The summed E-state index contributed by atoms with van der Waals surface area (Å²) in [6, 6.07) is -1.93. The number of amides is 2. The molecular formula is C12H20N2O6S. The molecule has 3 N–H and O–H groups in total. The van der Waals surface area contributed by atoms with Crippen molar-refractivity contribution >= 4 is 21.8 Å². The highest BCUT2D eigenvalue weighted by Crippen LogP contribution is 2.34. The topological polar surface area (TPSA) is 122 Å². The molecular weight excluding hydrogens is 300 g/mol. The van der Waals surface area contributed by atoms with Crippen molar-refractivity contribution in [3.05, 3.63) is 0 Å². The van der Waals surface area contributed by atoms with Crippen molar-refractivity contribution < 1.29 is 27.9 Å². The van der Waals surface area contributed by atoms with Crippen LogP contribution in [0.4, 0.5) is 4.79 Å². The zero-order valence-corrected chi connectivity index (χ0v) is 12.6. The van der Waals surface area contributed by atoms with Crippen molar-refractivity contribution in [1.82, 2.24) is 10.6 Å². The zero-order chi connectivity index (χ0) is 15.6. The second-order valence-corrected chi connectivity index (χ2v) is 7.90. The van der Waals surface area contributed by atoms with Crippen molar-refractivity contribution in [2.75, 3.05) is 12.0 Å². The van der Waals surface area contributed by atoms with Crippen molar-refractivity contribution in [2.24, 2.45) is 0 Å². The molecule has 2 fully saturated rings. The minimum Gasteiger partial charge on any atom is -0.480 e. The smallest absolute Gasteiger partial charge is 0.326 e. The van der Waals surface area contributed by atoms with Gasteiger partial charge in [0.15, 0.2) is 0 Å². The maximum atomic E-state index is 11.8. The SMILES string of the molecule is CS(=O)(=O)CCC(NC(=O)NC1CC2CCC1O2)C(=O)O. The zero-order valence-electron chi connectivity index (χ0n) is 11.7. The van der Waals surface area contributed by atoms with E-state index in [-0.39, 0.29) is 30.4 Å². The molecule has 4 unspecified atom stereocenters. The molecule has 9 heteroatoms. The maximum absolute atomic E-state index is 11.8. The number of carbonyl (C=O) groups is 2. The van der Waals surface area contributed by atoms with E-state index in [1.54, 1.807) is 0 Å². The van der Waals surface area contributed by atoms with Crippen LogP contribution < -0.4 is 10.6 Å². The maximum Gasteiger partial charge on any atom is 0.326 e. The summed E-state index contributed by atoms with van der Waals surface area (Å²) in [6.07, 6.45) is 3.68. The van der Waals surface area contributed by atoms with Gasteiger partial charge in [0.25, 0.3) is 0 Å². The summed E-state index contributed by atoms with van der Waals surface area (Å²) < 4.78 is 27.7. The summed E-state index contributed by atoms with van der Waals surface area (Å²) in [5, 5.41) is 14.0. The lowest BCUT2D eigenvalue weighted by Crippen LogP contribution is -2.51. The first-order chi connectivity index (χ1) is 9.74. The molecule has 0 radical (unpaired) electrons. The van der Waals surface area contributed by atoms with Crippen LogP contribution in [0.5, 0.6) is 0 Å². The molecule has 2 rings (SSSR count). The van der Waals surface area contributed by atoms with Gasteiger partial charge < -0.3 is 20.5 Å². The fraction of sp³-hybridized carbons (Fsp3) is 0.833. The third-order valence-electron chi connectivity index (χ3n) is 3.80. The predicted octanol–water partition coefficient (Wildman–Crippen LogP) is -0.507. The van der Waals surface area contributed by atoms with Crippen molar-refractivity contribution in [2.45, 2.75) is 50.0 Å². The van der Waals surface area contributed by atoms with Crippen LogP contribution >= 0.6 is 0 Å². The third kappa shape index (κ3) is 4.57. The molecule has 21 heavy (non-hydrogen) atoms. The molecule has 0 aromatic rings. The fourth-order valence-corrected chi connectivity index (χ4v) is 3.41. The first-order valence-electron chi connectivity index (χ1n) is 6.87. The Kier molecular flexibility index (Phi) is 4.72. The number of nitrogens with one attached hydrogen (secondary N) is 2. The van der Waals surface area contributed by atoms with E-state index < -0.39 is 27.9 Å². The normalized spacial score (nSPS) is 29.1. The molecule has 2 aliphatic heterocycles. The van der Waals surface area contributed by atoms with E-state index >= 15 is 0 Å². The Balaban J connectivity index is 1.82. The van der Waals surface area contributed by atoms with Crippen LogP contribution in [0.3, 0.4) is 0 Å². The van der Waals surface area contributed by atoms with Gasteiger partial charge in [-0.2, -0.15) is 0 Å². The van der Waals surface area contributed by atoms with Crippen molar-refractivity contribution in [1.29, 1.82) is 0 Å². The van der Waals surface area contributed by atoms with Crippen LogP contribution in [0, 0.1) is 0 Å². The predicted molar refractivity (Wildman–Crippen MR) is 73.7 cm³/mol. The molecule has 0 aromatic heterocycles. The van der Waals surface area contributed by atoms with Crippen LogP contribution in [0.2, 0.25) is 0 Å². The highest BCUT2D eigenvalue weighted by Gasteiger charge is 2.41. The number of sulfone groups is 1. The summed E-state index contributed by atoms with van der Waals surface area (Å²) in [6.45, 7) is 0. The highest BCUT2D eigenvalue weighted by molar-refractivity contribution is 7.90. The Hall–Kier alpha value is -1.35. The number of aliphatic carboxylic acids is 1. The summed E-state index contributed by atoms with van der Waals surface area (Å²) in [5.74, 6) is -1.54. The van der Waals surface area contributed by atoms with E-state index in [2.05, 4.69) is 10.6 Å². The van der Waals surface area contributed by atoms with Crippen LogP contribution in [-0.2, 0) is 19.4 Å². The largest absolute Gasteiger partial charge is 0.480 e. The van der Waals surface area contributed by atoms with Gasteiger partial charge >= 0.3 is 12.0 Å². The number of carboxylic acids is 1. The molecule has 0 aliphatic carbocycles. The Morgan fingerprint density at radius 2 is 2.10 bits per heavy atom. The quantitative estimate of drug-likeness (QED) is 0.606. The van der Waals surface area contributed by atoms with E-state index in [4.69, 9.17) is 9.84 Å². The Morgan fingerprint density at radius 3 is 2.57 bits per heavy atom. The Bertz CT molecular complexity index is 520. The summed E-state index contributed by atoms with van der Waals surface area (Å²) in [5.41, 5.74) is 0. The van der Waals surface area contributed by atoms with Gasteiger partial charge in [0.05, 0.1) is 24.0 Å². The molecule has 2 heterocycles. The molecule has 8 nitrogen and oxygen atoms in total. The van der Waals surface area contributed by atoms with E-state index in [9.17, 15) is 18.0 Å². The van der Waals surface area contributed by atoms with Crippen LogP contribution in [0.1, 0.15) is 25.7 Å². The lowest BCUT2D eigenvalue weighted by Gasteiger charge is -2.22. The molecule has 0 spiro atoms. The second-order valence-electron chi connectivity index (χ2n) is 5.64. The number of fused-ring (bicyclic) bond motifs is 2. The molecule has 2 aliphatic rings. The Labute approximate surface area is 123 Å². The average Bonchev–Trinajstić information content (AvgIpc) is 2.94. The van der Waals surface area contributed by atoms with Gasteiger partial charge in [-0.25, -0.2) is 18.0 Å². The number of hydrogen-bond acceptors (Lipinski definition) is 5. The summed E-state index contributed by atoms with van der Waals surface area (Å²) in [7, 11) is -3.27. The van der Waals surface area contributed by atoms with E-state index in [1.165, 1.54) is 0 Å². The van der Waals surface area contributed by atoms with E-state index in [0.717, 1.165) is 25.5 Å². The number of carboxylic acid groups (broad SMARTS) is 1. The molecule has 2 amide bonds. The number of rotatable bonds is 6. The molecule has 120 valence electrons. The van der Waals surface area contributed by atoms with Gasteiger partial charge in [-0.15, -0.1) is 0 Å². The second kappa shape index (κ2) is 6.18. The molecule has 0 aromatic carbocycles. The minimum atomic E-state index is -3.27. The lowest BCUT2D eigenvalue weighted by molar-refractivity contribution is -0.139. The first kappa shape index (κ1) is 16.0. The Morgan fingerprint density at radius 1 is 1.38 bits per heavy atom. The van der Waals surface area contributed by atoms with Crippen molar-refractivity contribution in [3.63, 3.8) is 0 Å². The van der Waals surface area contributed by atoms with Gasteiger partial charge in [-0.1, -0.05) is 0 Å². The molecule has 2 bridgehead atoms. The van der Waals surface area contributed by atoms with E-state index in [1.807, 2.05) is 0 Å². The van der Waals surface area contributed by atoms with E-state index in [0.29, 0.717) is 0 Å². The molecule has 2 saturated heterocycles. The standard InChI is InChI=1S/C12H20N2O6S/c1-21(18,19)5-4-8(11(15)16)13-12(17)14-9-6-7-2-3-10(9)20-7/h7-10H,2-6H2,1H3,(H,15,16)(H2,13,14,17). The molecule has 0 saturated carbocycles. The lowest BCUT2D eigenvalue weighted by atomic mass is 9.96. The van der Waals surface area contributed by atoms with Crippen molar-refractivity contribution in [3.8, 4) is 0 Å². The molecule has 4 atom stereocenters. The third-order valence-corrected chi connectivity index (χ3v) is 4.78. The highest BCUT2D eigenvalue weighted by atomic mass is 32.2. The van der Waals surface area contributed by atoms with Crippen LogP contribution in [0.15, 0.2) is 0 Å². The van der Waals surface area contributed by atoms with Gasteiger partial charge in [0.1, 0.15) is 15.9 Å². The van der Waals surface area contributed by atoms with Crippen LogP contribution in [0.25, 0.3) is 0 Å². The number of carbonyl (C=O) groups excluding carboxylic acids is 1. The average molecular weight is 320 g/mol. The van der Waals surface area contributed by atoms with Gasteiger partial charge in [0.2, 0.25) is 0 Å². The summed E-state index contributed by atoms with van der Waals surface area (Å²) >= 11 is 0. The first-order valence-corrected chi connectivity index (χ1v) is 8.93. The minimum absolute atomic E-state index is 0.0000441. The van der Waals surface area contributed by atoms with Gasteiger partial charge in [0, 0.05) is 6.26 Å². The number of ether oxygens (including phenoxy) is 1. The van der Waals surface area contributed by atoms with Crippen LogP contribution in [-0.4, -0.2) is 61.8 Å². The van der Waals surface area contributed by atoms with Gasteiger partial charge in [-0.05, 0) is 25.7 Å². The number of urea groups is 1. The summed E-state index contributed by atoms with van der Waals surface area (Å²) in [4.78, 5) is 22.9.